The summed E-state index contributed by atoms with van der Waals surface area (Å²) in [6, 6.07) is 15.1. The number of amides is 2. The molecule has 5 rings (SSSR count). The van der Waals surface area contributed by atoms with E-state index in [4.69, 9.17) is 19.2 Å². The number of pyridine rings is 1. The number of fused-ring (bicyclic) bond motifs is 1. The first-order valence-corrected chi connectivity index (χ1v) is 19.6. The predicted molar refractivity (Wildman–Crippen MR) is 207 cm³/mol. The number of nitrogens with zero attached hydrogens (tertiary/aromatic N) is 1. The molecule has 3 aromatic rings. The minimum atomic E-state index is -1.15. The average molecular weight is 758 g/mol. The Bertz CT molecular complexity index is 1820. The highest BCUT2D eigenvalue weighted by molar-refractivity contribution is 5.95. The smallest absolute Gasteiger partial charge is 0.328 e. The van der Waals surface area contributed by atoms with Gasteiger partial charge in [-0.3, -0.25) is 14.4 Å². The van der Waals surface area contributed by atoms with Crippen LogP contribution in [0.2, 0.25) is 0 Å². The fourth-order valence-corrected chi connectivity index (χ4v) is 8.12. The lowest BCUT2D eigenvalue weighted by atomic mass is 9.81. The maximum atomic E-state index is 14.4. The van der Waals surface area contributed by atoms with Gasteiger partial charge < -0.3 is 30.0 Å². The van der Waals surface area contributed by atoms with Crippen molar-refractivity contribution < 1.29 is 43.3 Å². The highest BCUT2D eigenvalue weighted by Gasteiger charge is 2.46. The van der Waals surface area contributed by atoms with E-state index in [1.807, 2.05) is 75.4 Å². The average Bonchev–Trinajstić information content (AvgIpc) is 3.62. The van der Waals surface area contributed by atoms with E-state index in [0.29, 0.717) is 29.1 Å². The molecule has 0 bridgehead atoms. The van der Waals surface area contributed by atoms with Crippen LogP contribution < -0.4 is 20.1 Å². The standard InChI is InChI=1S/C43H55N3O9/c1-6-13-34(42(50)51)45-41(49)33-21-29(55-38-24-35(26-14-9-7-10-15-26)44-36-22-28(53-4)18-19-30(36)38)20-32(33)37(47)23-31(25(2)3)40(48)46-39(43(52)54-5)27-16-11-8-12-17-27/h7,9-10,14-15,18-19,22,24-25,27,29,31-34,39H,6,8,11-13,16-17,20-21,23H2,1-5H3,(H,45,49)(H,46,48)(H,50,51)/t29-,31-,32+,33+,34-,39-/m0/s1. The second-order valence-electron chi connectivity index (χ2n) is 15.3. The van der Waals surface area contributed by atoms with Crippen LogP contribution in [0.15, 0.2) is 54.6 Å². The van der Waals surface area contributed by atoms with Gasteiger partial charge in [0.05, 0.1) is 31.3 Å². The number of carboxylic acid groups (broad SMARTS) is 1. The van der Waals surface area contributed by atoms with Gasteiger partial charge in [-0.15, -0.1) is 0 Å². The van der Waals surface area contributed by atoms with Crippen molar-refractivity contribution in [2.24, 2.45) is 29.6 Å². The number of carbonyl (C=O) groups excluding carboxylic acids is 4. The number of carboxylic acids is 1. The molecule has 3 N–H and O–H groups in total. The molecule has 2 aliphatic carbocycles. The Morgan fingerprint density at radius 1 is 0.909 bits per heavy atom. The molecule has 12 heteroatoms. The summed E-state index contributed by atoms with van der Waals surface area (Å²) in [4.78, 5) is 72.0. The van der Waals surface area contributed by atoms with Crippen LogP contribution in [0.25, 0.3) is 22.2 Å². The SMILES string of the molecule is CCC[C@H](NC(=O)[C@@H]1C[C@@H](Oc2cc(-c3ccccc3)nc3cc(OC)ccc23)C[C@H]1C(=O)C[C@H](C(=O)N[C@H](C(=O)OC)C1CCCCC1)C(C)C)C(=O)O. The van der Waals surface area contributed by atoms with E-state index < -0.39 is 59.7 Å². The third-order valence-electron chi connectivity index (χ3n) is 11.2. The van der Waals surface area contributed by atoms with E-state index in [1.165, 1.54) is 7.11 Å². The van der Waals surface area contributed by atoms with Crippen LogP contribution in [0.4, 0.5) is 0 Å². The van der Waals surface area contributed by atoms with E-state index in [0.717, 1.165) is 43.1 Å². The molecule has 2 aliphatic rings. The van der Waals surface area contributed by atoms with Gasteiger partial charge >= 0.3 is 11.9 Å². The van der Waals surface area contributed by atoms with Crippen LogP contribution in [0.3, 0.4) is 0 Å². The number of Topliss-reactive ketones (excluding diaryl/α,β-unsaturated/α-hetero) is 1. The second-order valence-corrected chi connectivity index (χ2v) is 15.3. The van der Waals surface area contributed by atoms with Crippen molar-refractivity contribution in [1.29, 1.82) is 0 Å². The number of ether oxygens (including phenoxy) is 3. The summed E-state index contributed by atoms with van der Waals surface area (Å²) >= 11 is 0. The van der Waals surface area contributed by atoms with Gasteiger partial charge in [-0.25, -0.2) is 14.6 Å². The molecule has 2 amide bonds. The van der Waals surface area contributed by atoms with E-state index in [9.17, 15) is 29.1 Å². The van der Waals surface area contributed by atoms with Crippen molar-refractivity contribution in [2.75, 3.05) is 14.2 Å². The molecular weight excluding hydrogens is 702 g/mol. The van der Waals surface area contributed by atoms with Crippen LogP contribution >= 0.6 is 0 Å². The number of carbonyl (C=O) groups is 5. The van der Waals surface area contributed by atoms with Crippen molar-refractivity contribution in [1.82, 2.24) is 15.6 Å². The summed E-state index contributed by atoms with van der Waals surface area (Å²) < 4.78 is 17.2. The first-order valence-electron chi connectivity index (χ1n) is 19.6. The van der Waals surface area contributed by atoms with Gasteiger partial charge in [0.15, 0.2) is 0 Å². The normalized spacial score (nSPS) is 20.3. The maximum absolute atomic E-state index is 14.4. The van der Waals surface area contributed by atoms with Crippen molar-refractivity contribution in [3.05, 3.63) is 54.6 Å². The first-order chi connectivity index (χ1) is 26.4. The van der Waals surface area contributed by atoms with Gasteiger partial charge in [-0.1, -0.05) is 76.8 Å². The van der Waals surface area contributed by atoms with E-state index in [-0.39, 0.29) is 43.3 Å². The minimum absolute atomic E-state index is 0.0486. The molecule has 2 aromatic carbocycles. The Hall–Kier alpha value is -5.00. The lowest BCUT2D eigenvalue weighted by Gasteiger charge is -2.31. The first kappa shape index (κ1) is 41.2. The van der Waals surface area contributed by atoms with Crippen LogP contribution in [-0.4, -0.2) is 72.0 Å². The number of hydrogen-bond acceptors (Lipinski definition) is 9. The number of hydrogen-bond donors (Lipinski definition) is 3. The number of aliphatic carboxylic acids is 1. The van der Waals surface area contributed by atoms with Crippen LogP contribution in [0, 0.1) is 29.6 Å². The number of nitrogens with one attached hydrogen (secondary N) is 2. The van der Waals surface area contributed by atoms with Crippen LogP contribution in [0.5, 0.6) is 11.5 Å². The van der Waals surface area contributed by atoms with Crippen molar-refractivity contribution in [3.8, 4) is 22.8 Å². The number of aromatic nitrogens is 1. The third kappa shape index (κ3) is 10.2. The molecule has 55 heavy (non-hydrogen) atoms. The van der Waals surface area contributed by atoms with Gasteiger partial charge in [0.2, 0.25) is 11.8 Å². The minimum Gasteiger partial charge on any atom is -0.497 e. The molecule has 0 spiro atoms. The zero-order valence-electron chi connectivity index (χ0n) is 32.5. The Balaban J connectivity index is 1.43. The molecule has 2 saturated carbocycles. The summed E-state index contributed by atoms with van der Waals surface area (Å²) in [6.07, 6.45) is 4.98. The van der Waals surface area contributed by atoms with Gasteiger partial charge in [-0.05, 0) is 56.1 Å². The van der Waals surface area contributed by atoms with Gasteiger partial charge in [0, 0.05) is 41.3 Å². The Morgan fingerprint density at radius 2 is 1.62 bits per heavy atom. The third-order valence-corrected chi connectivity index (χ3v) is 11.2. The monoisotopic (exact) mass is 757 g/mol. The molecule has 0 saturated heterocycles. The molecule has 0 radical (unpaired) electrons. The molecule has 296 valence electrons. The quantitative estimate of drug-likeness (QED) is 0.129. The van der Waals surface area contributed by atoms with Gasteiger partial charge in [-0.2, -0.15) is 0 Å². The van der Waals surface area contributed by atoms with Crippen molar-refractivity contribution in [3.63, 3.8) is 0 Å². The molecule has 12 nitrogen and oxygen atoms in total. The topological polar surface area (TPSA) is 170 Å². The molecule has 0 unspecified atom stereocenters. The number of methoxy groups -OCH3 is 2. The summed E-state index contributed by atoms with van der Waals surface area (Å²) in [5, 5.41) is 16.2. The fraction of sp³-hybridized carbons (Fsp3) is 0.535. The molecular formula is C43H55N3O9. The van der Waals surface area contributed by atoms with E-state index in [2.05, 4.69) is 10.6 Å². The van der Waals surface area contributed by atoms with Gasteiger partial charge in [0.1, 0.15) is 35.5 Å². The van der Waals surface area contributed by atoms with Crippen molar-refractivity contribution in [2.45, 2.75) is 103 Å². The second kappa shape index (κ2) is 19.0. The fourth-order valence-electron chi connectivity index (χ4n) is 8.12. The number of ketones is 1. The molecule has 2 fully saturated rings. The lowest BCUT2D eigenvalue weighted by Crippen LogP contribution is -2.50. The highest BCUT2D eigenvalue weighted by atomic mass is 16.5. The largest absolute Gasteiger partial charge is 0.497 e. The molecule has 0 aliphatic heterocycles. The zero-order chi connectivity index (χ0) is 39.6. The van der Waals surface area contributed by atoms with E-state index >= 15 is 0 Å². The molecule has 1 heterocycles. The summed E-state index contributed by atoms with van der Waals surface area (Å²) in [5.41, 5.74) is 2.19. The maximum Gasteiger partial charge on any atom is 0.328 e. The molecule has 1 aromatic heterocycles. The Morgan fingerprint density at radius 3 is 2.25 bits per heavy atom. The predicted octanol–water partition coefficient (Wildman–Crippen LogP) is 6.52. The number of benzene rings is 2. The van der Waals surface area contributed by atoms with Crippen LogP contribution in [-0.2, 0) is 28.7 Å². The van der Waals surface area contributed by atoms with E-state index in [1.54, 1.807) is 7.11 Å². The van der Waals surface area contributed by atoms with Crippen molar-refractivity contribution >= 4 is 40.4 Å². The van der Waals surface area contributed by atoms with Crippen LogP contribution in [0.1, 0.15) is 85.0 Å². The summed E-state index contributed by atoms with van der Waals surface area (Å²) in [7, 11) is 2.89. The highest BCUT2D eigenvalue weighted by Crippen LogP contribution is 2.40. The molecule has 6 atom stereocenters. The summed E-state index contributed by atoms with van der Waals surface area (Å²) in [5.74, 6) is -4.54. The lowest BCUT2D eigenvalue weighted by molar-refractivity contribution is -0.148. The summed E-state index contributed by atoms with van der Waals surface area (Å²) in [6.45, 7) is 5.54. The number of esters is 1. The zero-order valence-corrected chi connectivity index (χ0v) is 32.5. The van der Waals surface area contributed by atoms with Gasteiger partial charge in [0.25, 0.3) is 0 Å². The number of rotatable bonds is 17. The Labute approximate surface area is 323 Å². The Kier molecular flexibility index (Phi) is 14.3.